The summed E-state index contributed by atoms with van der Waals surface area (Å²) in [6.45, 7) is 13.5. The van der Waals surface area contributed by atoms with E-state index in [0.717, 1.165) is 5.75 Å². The average Bonchev–Trinajstić information content (AvgIpc) is 2.15. The zero-order valence-electron chi connectivity index (χ0n) is 12.6. The summed E-state index contributed by atoms with van der Waals surface area (Å²) in [5, 5.41) is 0. The third-order valence-corrected chi connectivity index (χ3v) is 3.34. The molecule has 0 heterocycles. The number of halogens is 1. The van der Waals surface area contributed by atoms with Crippen molar-refractivity contribution < 1.29 is 3.79 Å². The van der Waals surface area contributed by atoms with Gasteiger partial charge in [0.1, 0.15) is 0 Å². The maximum Gasteiger partial charge on any atom is 0.519 e. The molecule has 3 heteroatoms. The highest BCUT2D eigenvalue weighted by Gasteiger charge is 2.25. The van der Waals surface area contributed by atoms with Gasteiger partial charge in [0.15, 0.2) is 0 Å². The van der Waals surface area contributed by atoms with Crippen molar-refractivity contribution in [1.29, 1.82) is 0 Å². The molecule has 0 spiro atoms. The van der Waals surface area contributed by atoms with Crippen LogP contribution in [0, 0.1) is 0 Å². The highest BCUT2D eigenvalue weighted by molar-refractivity contribution is 6.26. The van der Waals surface area contributed by atoms with Crippen LogP contribution in [0.2, 0.25) is 5.79 Å². The fourth-order valence-electron chi connectivity index (χ4n) is 1.96. The molecular weight excluding hydrogens is 259 g/mol. The van der Waals surface area contributed by atoms with E-state index in [1.54, 1.807) is 0 Å². The van der Waals surface area contributed by atoms with Crippen molar-refractivity contribution in [3.63, 3.8) is 0 Å². The van der Waals surface area contributed by atoms with E-state index in [1.165, 1.54) is 11.1 Å². The molecule has 0 aliphatic heterocycles. The van der Waals surface area contributed by atoms with Crippen molar-refractivity contribution in [2.45, 2.75) is 58.2 Å². The standard InChI is InChI=1S/C14H22O.CH3.Al.ClH/c1-13(2,3)10-8-7-9-11(12(10)15)14(4,5)6;;;/h7-9,15H,1-6H3;1H3;;1H/q;;+1;/p-1. The van der Waals surface area contributed by atoms with Crippen LogP contribution in [-0.2, 0) is 10.8 Å². The molecule has 1 radical (unpaired) electrons. The first-order chi connectivity index (χ1) is 7.68. The predicted octanol–water partition coefficient (Wildman–Crippen LogP) is 4.75. The van der Waals surface area contributed by atoms with Crippen LogP contribution in [0.4, 0.5) is 0 Å². The minimum atomic E-state index is 0. The Kier molecular flexibility index (Phi) is 6.27. The summed E-state index contributed by atoms with van der Waals surface area (Å²) in [5.74, 6) is 3.25. The van der Waals surface area contributed by atoms with Gasteiger partial charge in [-0.1, -0.05) is 65.5 Å². The molecule has 0 atom stereocenters. The molecule has 0 aliphatic rings. The second-order valence-corrected chi connectivity index (χ2v) is 7.24. The molecule has 0 aromatic heterocycles. The first kappa shape index (κ1) is 17.8. The lowest BCUT2D eigenvalue weighted by Crippen LogP contribution is -2.20. The number of rotatable bonds is 2. The molecule has 0 aliphatic carbocycles. The molecule has 1 aromatic carbocycles. The van der Waals surface area contributed by atoms with Gasteiger partial charge in [0, 0.05) is 0 Å². The summed E-state index contributed by atoms with van der Waals surface area (Å²) in [6.07, 6.45) is 0. The number of benzene rings is 1. The van der Waals surface area contributed by atoms with Crippen LogP contribution in [0.15, 0.2) is 18.2 Å². The van der Waals surface area contributed by atoms with Crippen molar-refractivity contribution in [3.8, 4) is 5.75 Å². The zero-order valence-corrected chi connectivity index (χ0v) is 14.6. The summed E-state index contributed by atoms with van der Waals surface area (Å²) < 4.78 is 6.00. The lowest BCUT2D eigenvalue weighted by atomic mass is 9.80. The monoisotopic (exact) mass is 283 g/mol. The highest BCUT2D eigenvalue weighted by atomic mass is 35.5. The Morgan fingerprint density at radius 2 is 1.28 bits per heavy atom. The van der Waals surface area contributed by atoms with Crippen molar-refractivity contribution in [2.24, 2.45) is 0 Å². The first-order valence-corrected chi connectivity index (χ1v) is 7.89. The minimum absolute atomic E-state index is 0. The summed E-state index contributed by atoms with van der Waals surface area (Å²) in [5.41, 5.74) is 2.90. The predicted molar refractivity (Wildman–Crippen MR) is 83.3 cm³/mol. The Morgan fingerprint density at radius 1 is 0.889 bits per heavy atom. The van der Waals surface area contributed by atoms with Gasteiger partial charge in [-0.25, -0.2) is 0 Å². The molecule has 0 saturated carbocycles. The molecule has 0 amide bonds. The average molecular weight is 284 g/mol. The maximum absolute atomic E-state index is 6.00. The molecule has 1 nitrogen and oxygen atoms in total. The zero-order chi connectivity index (χ0) is 13.3. The van der Waals surface area contributed by atoms with Gasteiger partial charge in [0.25, 0.3) is 0 Å². The normalized spacial score (nSPS) is 11.7. The lowest BCUT2D eigenvalue weighted by molar-refractivity contribution is 0.495. The van der Waals surface area contributed by atoms with Gasteiger partial charge in [-0.05, 0) is 22.0 Å². The van der Waals surface area contributed by atoms with Crippen LogP contribution in [-0.4, -0.2) is 15.6 Å². The van der Waals surface area contributed by atoms with Crippen LogP contribution in [0.5, 0.6) is 5.75 Å². The van der Waals surface area contributed by atoms with E-state index in [-0.39, 0.29) is 38.8 Å². The molecule has 18 heavy (non-hydrogen) atoms. The van der Waals surface area contributed by atoms with Crippen molar-refractivity contribution >= 4 is 28.0 Å². The fraction of sp³-hybridized carbons (Fsp3) is 0.600. The quantitative estimate of drug-likeness (QED) is 0.712. The Bertz CT molecular complexity index is 356. The Hall–Kier alpha value is -0.158. The minimum Gasteiger partial charge on any atom is -0.648 e. The molecule has 1 rings (SSSR count). The summed E-state index contributed by atoms with van der Waals surface area (Å²) in [6, 6.07) is 6.54. The van der Waals surface area contributed by atoms with Gasteiger partial charge in [0.2, 0.25) is 0 Å². The van der Waals surface area contributed by atoms with E-state index in [9.17, 15) is 0 Å². The largest absolute Gasteiger partial charge is 0.648 e. The Labute approximate surface area is 125 Å². The molecule has 0 saturated heterocycles. The van der Waals surface area contributed by atoms with Crippen LogP contribution < -0.4 is 3.79 Å². The van der Waals surface area contributed by atoms with E-state index in [4.69, 9.17) is 3.79 Å². The smallest absolute Gasteiger partial charge is 0.519 e. The summed E-state index contributed by atoms with van der Waals surface area (Å²) >= 11 is 0.0216. The van der Waals surface area contributed by atoms with Crippen LogP contribution >= 0.6 is 12.4 Å². The van der Waals surface area contributed by atoms with E-state index < -0.39 is 0 Å². The van der Waals surface area contributed by atoms with Crippen molar-refractivity contribution in [1.82, 2.24) is 0 Å². The van der Waals surface area contributed by atoms with Crippen LogP contribution in [0.25, 0.3) is 0 Å². The summed E-state index contributed by atoms with van der Waals surface area (Å²) in [4.78, 5) is 0. The second kappa shape index (κ2) is 6.33. The van der Waals surface area contributed by atoms with Crippen molar-refractivity contribution in [3.05, 3.63) is 29.3 Å². The topological polar surface area (TPSA) is 9.23 Å². The molecule has 0 fully saturated rings. The third kappa shape index (κ3) is 4.20. The first-order valence-electron chi connectivity index (χ1n) is 6.26. The third-order valence-electron chi connectivity index (χ3n) is 2.87. The molecule has 101 valence electrons. The number of para-hydroxylation sites is 1. The van der Waals surface area contributed by atoms with E-state index in [0.29, 0.717) is 0 Å². The van der Waals surface area contributed by atoms with E-state index in [1.807, 2.05) is 0 Å². The molecule has 1 aromatic rings. The molecular formula is C15H25AlClO. The van der Waals surface area contributed by atoms with Gasteiger partial charge in [-0.3, -0.25) is 0 Å². The van der Waals surface area contributed by atoms with Gasteiger partial charge in [-0.15, -0.1) is 12.4 Å². The molecule has 0 N–H and O–H groups in total. The molecule has 0 unspecified atom stereocenters. The molecule has 0 bridgehead atoms. The van der Waals surface area contributed by atoms with Gasteiger partial charge < -0.3 is 3.79 Å². The lowest BCUT2D eigenvalue weighted by Gasteiger charge is -2.30. The second-order valence-electron chi connectivity index (χ2n) is 6.54. The SMILES string of the molecule is Cl.[CH3][Al][O]c1c(C(C)(C)C)cccc1C(C)(C)C. The van der Waals surface area contributed by atoms with Crippen LogP contribution in [0.3, 0.4) is 0 Å². The van der Waals surface area contributed by atoms with E-state index in [2.05, 4.69) is 65.5 Å². The van der Waals surface area contributed by atoms with Crippen molar-refractivity contribution in [2.75, 3.05) is 0 Å². The summed E-state index contributed by atoms with van der Waals surface area (Å²) in [7, 11) is 0. The van der Waals surface area contributed by atoms with Gasteiger partial charge >= 0.3 is 15.6 Å². The highest BCUT2D eigenvalue weighted by Crippen LogP contribution is 2.39. The maximum atomic E-state index is 6.00. The Morgan fingerprint density at radius 3 is 1.56 bits per heavy atom. The Balaban J connectivity index is 0.00000289. The van der Waals surface area contributed by atoms with Gasteiger partial charge in [-0.2, -0.15) is 0 Å². The van der Waals surface area contributed by atoms with Crippen LogP contribution in [0.1, 0.15) is 52.7 Å². The fourth-order valence-corrected chi connectivity index (χ4v) is 2.45. The number of hydrogen-bond donors (Lipinski definition) is 0. The van der Waals surface area contributed by atoms with Gasteiger partial charge in [0.05, 0.1) is 5.75 Å². The van der Waals surface area contributed by atoms with E-state index >= 15 is 0 Å². The number of hydrogen-bond acceptors (Lipinski definition) is 1.